The van der Waals surface area contributed by atoms with Crippen molar-refractivity contribution in [1.82, 2.24) is 0 Å². The fraction of sp³-hybridized carbons (Fsp3) is 0.875. The summed E-state index contributed by atoms with van der Waals surface area (Å²) in [7, 11) is 0. The molecule has 0 aliphatic carbocycles. The molecule has 0 fully saturated rings. The highest BCUT2D eigenvalue weighted by atomic mass is 16.4. The summed E-state index contributed by atoms with van der Waals surface area (Å²) in [5.74, 6) is 0.122. The van der Waals surface area contributed by atoms with Gasteiger partial charge in [-0.3, -0.25) is 9.59 Å². The lowest BCUT2D eigenvalue weighted by Gasteiger charge is -2.10. The molecule has 0 aliphatic heterocycles. The fourth-order valence-electron chi connectivity index (χ4n) is 2.27. The summed E-state index contributed by atoms with van der Waals surface area (Å²) in [5.41, 5.74) is 0. The van der Waals surface area contributed by atoms with Gasteiger partial charge in [-0.1, -0.05) is 52.4 Å². The number of carboxylic acids is 1. The summed E-state index contributed by atoms with van der Waals surface area (Å²) >= 11 is 0. The van der Waals surface area contributed by atoms with Gasteiger partial charge in [0.25, 0.3) is 0 Å². The van der Waals surface area contributed by atoms with E-state index in [1.54, 1.807) is 0 Å². The Balaban J connectivity index is 3.40. The van der Waals surface area contributed by atoms with Gasteiger partial charge in [0.1, 0.15) is 5.78 Å². The van der Waals surface area contributed by atoms with Gasteiger partial charge in [0.05, 0.1) is 0 Å². The molecule has 0 aromatic carbocycles. The van der Waals surface area contributed by atoms with Crippen molar-refractivity contribution in [2.24, 2.45) is 5.92 Å². The molecular weight excluding hydrogens is 240 g/mol. The Morgan fingerprint density at radius 3 is 2.16 bits per heavy atom. The molecule has 0 spiro atoms. The molecule has 0 aliphatic rings. The maximum atomic E-state index is 11.5. The smallest absolute Gasteiger partial charge is 0.303 e. The van der Waals surface area contributed by atoms with Crippen LogP contribution in [0.15, 0.2) is 0 Å². The Morgan fingerprint density at radius 2 is 1.53 bits per heavy atom. The lowest BCUT2D eigenvalue weighted by atomic mass is 9.96. The second-order valence-electron chi connectivity index (χ2n) is 5.63. The van der Waals surface area contributed by atoms with Crippen molar-refractivity contribution in [1.29, 1.82) is 0 Å². The van der Waals surface area contributed by atoms with Crippen LogP contribution in [-0.4, -0.2) is 16.9 Å². The van der Waals surface area contributed by atoms with E-state index < -0.39 is 5.97 Å². The van der Waals surface area contributed by atoms with Crippen molar-refractivity contribution in [3.8, 4) is 0 Å². The first kappa shape index (κ1) is 18.1. The quantitative estimate of drug-likeness (QED) is 0.498. The summed E-state index contributed by atoms with van der Waals surface area (Å²) in [6, 6.07) is 0. The molecule has 3 nitrogen and oxygen atoms in total. The number of aliphatic carboxylic acids is 1. The van der Waals surface area contributed by atoms with Gasteiger partial charge in [-0.15, -0.1) is 0 Å². The molecule has 0 radical (unpaired) electrons. The average Bonchev–Trinajstić information content (AvgIpc) is 2.34. The molecule has 0 bridgehead atoms. The number of carbonyl (C=O) groups is 2. The van der Waals surface area contributed by atoms with Crippen molar-refractivity contribution >= 4 is 11.8 Å². The normalized spacial score (nSPS) is 12.3. The van der Waals surface area contributed by atoms with Gasteiger partial charge in [-0.25, -0.2) is 0 Å². The number of hydrogen-bond acceptors (Lipinski definition) is 2. The second-order valence-corrected chi connectivity index (χ2v) is 5.63. The highest BCUT2D eigenvalue weighted by Crippen LogP contribution is 2.17. The molecule has 0 aromatic heterocycles. The highest BCUT2D eigenvalue weighted by molar-refractivity contribution is 5.78. The fourth-order valence-corrected chi connectivity index (χ4v) is 2.27. The minimum atomic E-state index is -0.812. The number of Topliss-reactive ketones (excluding diaryl/α,β-unsaturated/α-hetero) is 1. The third-order valence-corrected chi connectivity index (χ3v) is 3.55. The third kappa shape index (κ3) is 13.4. The van der Waals surface area contributed by atoms with Gasteiger partial charge in [0, 0.05) is 19.3 Å². The molecule has 1 unspecified atom stereocenters. The molecule has 0 aromatic rings. The summed E-state index contributed by atoms with van der Waals surface area (Å²) < 4.78 is 0. The van der Waals surface area contributed by atoms with E-state index in [-0.39, 0.29) is 12.2 Å². The van der Waals surface area contributed by atoms with Crippen LogP contribution in [0.2, 0.25) is 0 Å². The van der Waals surface area contributed by atoms with E-state index in [4.69, 9.17) is 5.11 Å². The molecule has 19 heavy (non-hydrogen) atoms. The second kappa shape index (κ2) is 12.2. The van der Waals surface area contributed by atoms with E-state index in [1.807, 2.05) is 0 Å². The zero-order valence-electron chi connectivity index (χ0n) is 12.6. The average molecular weight is 270 g/mol. The van der Waals surface area contributed by atoms with Crippen LogP contribution in [0.4, 0.5) is 0 Å². The van der Waals surface area contributed by atoms with Crippen LogP contribution >= 0.6 is 0 Å². The maximum absolute atomic E-state index is 11.5. The van der Waals surface area contributed by atoms with Crippen LogP contribution in [0.1, 0.15) is 84.5 Å². The molecule has 0 saturated heterocycles. The Morgan fingerprint density at radius 1 is 0.895 bits per heavy atom. The molecular formula is C16H30O3. The molecule has 1 atom stereocenters. The number of hydrogen-bond donors (Lipinski definition) is 1. The number of carboxylic acid groups (broad SMARTS) is 1. The molecule has 0 saturated carbocycles. The van der Waals surface area contributed by atoms with Crippen molar-refractivity contribution in [2.75, 3.05) is 0 Å². The van der Waals surface area contributed by atoms with Crippen LogP contribution in [0, 0.1) is 5.92 Å². The standard InChI is InChI=1S/C16H30O3/c1-3-4-5-6-9-14(2)10-7-11-15(17)12-8-13-16(18)19/h14H,3-13H2,1-2H3,(H,18,19). The van der Waals surface area contributed by atoms with E-state index >= 15 is 0 Å². The summed E-state index contributed by atoms with van der Waals surface area (Å²) in [6.07, 6.45) is 10.2. The van der Waals surface area contributed by atoms with Gasteiger partial charge in [-0.2, -0.15) is 0 Å². The first-order chi connectivity index (χ1) is 9.06. The number of rotatable bonds is 13. The van der Waals surface area contributed by atoms with Crippen molar-refractivity contribution in [2.45, 2.75) is 84.5 Å². The van der Waals surface area contributed by atoms with Gasteiger partial charge in [0.2, 0.25) is 0 Å². The SMILES string of the molecule is CCCCCCC(C)CCCC(=O)CCCC(=O)O. The van der Waals surface area contributed by atoms with Gasteiger partial charge in [-0.05, 0) is 18.8 Å². The van der Waals surface area contributed by atoms with Crippen molar-refractivity contribution in [3.05, 3.63) is 0 Å². The van der Waals surface area contributed by atoms with Crippen LogP contribution in [0.5, 0.6) is 0 Å². The zero-order chi connectivity index (χ0) is 14.5. The summed E-state index contributed by atoms with van der Waals surface area (Å²) in [5, 5.41) is 8.48. The van der Waals surface area contributed by atoms with E-state index in [2.05, 4.69) is 13.8 Å². The number of carbonyl (C=O) groups excluding carboxylic acids is 1. The molecule has 3 heteroatoms. The molecule has 112 valence electrons. The van der Waals surface area contributed by atoms with Crippen LogP contribution in [-0.2, 0) is 9.59 Å². The van der Waals surface area contributed by atoms with E-state index in [0.29, 0.717) is 25.2 Å². The molecule has 1 N–H and O–H groups in total. The Bertz CT molecular complexity index is 248. The van der Waals surface area contributed by atoms with Crippen LogP contribution in [0.3, 0.4) is 0 Å². The number of unbranched alkanes of at least 4 members (excludes halogenated alkanes) is 3. The lowest BCUT2D eigenvalue weighted by Crippen LogP contribution is -2.02. The topological polar surface area (TPSA) is 54.4 Å². The third-order valence-electron chi connectivity index (χ3n) is 3.55. The highest BCUT2D eigenvalue weighted by Gasteiger charge is 2.06. The Labute approximate surface area is 117 Å². The predicted octanol–water partition coefficient (Wildman–Crippen LogP) is 4.59. The van der Waals surface area contributed by atoms with Crippen molar-refractivity contribution < 1.29 is 14.7 Å². The number of ketones is 1. The molecule has 0 heterocycles. The molecule has 0 rings (SSSR count). The zero-order valence-corrected chi connectivity index (χ0v) is 12.6. The minimum absolute atomic E-state index is 0.111. The van der Waals surface area contributed by atoms with E-state index in [0.717, 1.165) is 12.8 Å². The van der Waals surface area contributed by atoms with Crippen LogP contribution < -0.4 is 0 Å². The van der Waals surface area contributed by atoms with Gasteiger partial charge >= 0.3 is 5.97 Å². The van der Waals surface area contributed by atoms with Gasteiger partial charge in [0.15, 0.2) is 0 Å². The van der Waals surface area contributed by atoms with Gasteiger partial charge < -0.3 is 5.11 Å². The van der Waals surface area contributed by atoms with E-state index in [1.165, 1.54) is 32.1 Å². The first-order valence-electron chi connectivity index (χ1n) is 7.79. The molecule has 0 amide bonds. The van der Waals surface area contributed by atoms with Crippen LogP contribution in [0.25, 0.3) is 0 Å². The summed E-state index contributed by atoms with van der Waals surface area (Å²) in [4.78, 5) is 21.8. The summed E-state index contributed by atoms with van der Waals surface area (Å²) in [6.45, 7) is 4.49. The van der Waals surface area contributed by atoms with Crippen molar-refractivity contribution in [3.63, 3.8) is 0 Å². The lowest BCUT2D eigenvalue weighted by molar-refractivity contribution is -0.137. The monoisotopic (exact) mass is 270 g/mol. The predicted molar refractivity (Wildman–Crippen MR) is 78.3 cm³/mol. The maximum Gasteiger partial charge on any atom is 0.303 e. The Hall–Kier alpha value is -0.860. The first-order valence-corrected chi connectivity index (χ1v) is 7.79. The van der Waals surface area contributed by atoms with E-state index in [9.17, 15) is 9.59 Å². The minimum Gasteiger partial charge on any atom is -0.481 e. The Kier molecular flexibility index (Phi) is 11.6. The largest absolute Gasteiger partial charge is 0.481 e.